The summed E-state index contributed by atoms with van der Waals surface area (Å²) in [5.74, 6) is -0.979. The quantitative estimate of drug-likeness (QED) is 0.771. The lowest BCUT2D eigenvalue weighted by atomic mass is 10.0. The van der Waals surface area contributed by atoms with Crippen molar-refractivity contribution in [3.05, 3.63) is 54.0 Å². The Labute approximate surface area is 115 Å². The van der Waals surface area contributed by atoms with Crippen LogP contribution in [0.3, 0.4) is 0 Å². The van der Waals surface area contributed by atoms with Gasteiger partial charge in [-0.1, -0.05) is 18.2 Å². The van der Waals surface area contributed by atoms with E-state index in [4.69, 9.17) is 0 Å². The molecule has 0 spiro atoms. The number of pyridine rings is 1. The number of rotatable bonds is 2. The van der Waals surface area contributed by atoms with E-state index in [-0.39, 0.29) is 5.56 Å². The van der Waals surface area contributed by atoms with Crippen LogP contribution in [0.4, 0.5) is 0 Å². The molecular weight excluding hydrogens is 254 g/mol. The van der Waals surface area contributed by atoms with Crippen molar-refractivity contribution in [2.45, 2.75) is 6.92 Å². The fraction of sp³-hybridized carbons (Fsp3) is 0.0667. The minimum Gasteiger partial charge on any atom is -0.478 e. The van der Waals surface area contributed by atoms with Crippen molar-refractivity contribution >= 4 is 16.9 Å². The standard InChI is InChI=1S/C15H11N3O2/c1-9-3-2-4-10-11(15(19)20)7-12(18-14(9)10)13-8-16-5-6-17-13/h2-8H,1H3,(H,19,20). The minimum atomic E-state index is -0.979. The molecule has 0 aliphatic heterocycles. The van der Waals surface area contributed by atoms with Crippen molar-refractivity contribution in [2.24, 2.45) is 0 Å². The third-order valence-electron chi connectivity index (χ3n) is 3.10. The summed E-state index contributed by atoms with van der Waals surface area (Å²) in [6.45, 7) is 1.90. The summed E-state index contributed by atoms with van der Waals surface area (Å²) in [5.41, 5.74) is 2.89. The number of hydrogen-bond acceptors (Lipinski definition) is 4. The average Bonchev–Trinajstić information content (AvgIpc) is 2.47. The Morgan fingerprint density at radius 3 is 2.75 bits per heavy atom. The highest BCUT2D eigenvalue weighted by atomic mass is 16.4. The van der Waals surface area contributed by atoms with Gasteiger partial charge in [-0.3, -0.25) is 9.97 Å². The Kier molecular flexibility index (Phi) is 2.87. The first-order valence-corrected chi connectivity index (χ1v) is 6.07. The van der Waals surface area contributed by atoms with E-state index >= 15 is 0 Å². The summed E-state index contributed by atoms with van der Waals surface area (Å²) in [4.78, 5) is 24.1. The van der Waals surface area contributed by atoms with Gasteiger partial charge in [0.15, 0.2) is 0 Å². The monoisotopic (exact) mass is 265 g/mol. The maximum atomic E-state index is 11.4. The SMILES string of the molecule is Cc1cccc2c(C(=O)O)cc(-c3cnccn3)nc12. The number of hydrogen-bond donors (Lipinski definition) is 1. The minimum absolute atomic E-state index is 0.222. The van der Waals surface area contributed by atoms with Crippen LogP contribution in [0.15, 0.2) is 42.9 Å². The van der Waals surface area contributed by atoms with Crippen LogP contribution >= 0.6 is 0 Å². The summed E-state index contributed by atoms with van der Waals surface area (Å²) in [7, 11) is 0. The smallest absolute Gasteiger partial charge is 0.336 e. The molecule has 0 aliphatic carbocycles. The summed E-state index contributed by atoms with van der Waals surface area (Å²) >= 11 is 0. The molecule has 0 bridgehead atoms. The fourth-order valence-electron chi connectivity index (χ4n) is 2.13. The Morgan fingerprint density at radius 1 is 1.20 bits per heavy atom. The molecule has 1 N–H and O–H groups in total. The maximum absolute atomic E-state index is 11.4. The second-order valence-electron chi connectivity index (χ2n) is 4.42. The third-order valence-corrected chi connectivity index (χ3v) is 3.10. The fourth-order valence-corrected chi connectivity index (χ4v) is 2.13. The van der Waals surface area contributed by atoms with E-state index in [9.17, 15) is 9.90 Å². The number of aromatic carboxylic acids is 1. The van der Waals surface area contributed by atoms with E-state index in [1.165, 1.54) is 6.07 Å². The van der Waals surface area contributed by atoms with Crippen molar-refractivity contribution in [1.29, 1.82) is 0 Å². The summed E-state index contributed by atoms with van der Waals surface area (Å²) < 4.78 is 0. The molecule has 0 fully saturated rings. The summed E-state index contributed by atoms with van der Waals surface area (Å²) in [5, 5.41) is 10.0. The normalized spacial score (nSPS) is 10.7. The highest BCUT2D eigenvalue weighted by Gasteiger charge is 2.14. The molecule has 0 saturated carbocycles. The van der Waals surface area contributed by atoms with E-state index in [0.29, 0.717) is 22.3 Å². The summed E-state index contributed by atoms with van der Waals surface area (Å²) in [6.07, 6.45) is 4.69. The van der Waals surface area contributed by atoms with E-state index < -0.39 is 5.97 Å². The van der Waals surface area contributed by atoms with Gasteiger partial charge in [0.25, 0.3) is 0 Å². The number of benzene rings is 1. The molecule has 5 heteroatoms. The number of fused-ring (bicyclic) bond motifs is 1. The lowest BCUT2D eigenvalue weighted by Crippen LogP contribution is -2.01. The third kappa shape index (κ3) is 1.99. The van der Waals surface area contributed by atoms with Gasteiger partial charge in [0.05, 0.1) is 23.0 Å². The van der Waals surface area contributed by atoms with Crippen molar-refractivity contribution in [2.75, 3.05) is 0 Å². The topological polar surface area (TPSA) is 76.0 Å². The number of nitrogens with zero attached hydrogens (tertiary/aromatic N) is 3. The van der Waals surface area contributed by atoms with Gasteiger partial charge in [0, 0.05) is 17.8 Å². The van der Waals surface area contributed by atoms with Crippen molar-refractivity contribution in [3.63, 3.8) is 0 Å². The molecule has 3 aromatic rings. The first-order valence-electron chi connectivity index (χ1n) is 6.07. The van der Waals surface area contributed by atoms with Gasteiger partial charge in [-0.2, -0.15) is 0 Å². The van der Waals surface area contributed by atoms with Gasteiger partial charge in [-0.15, -0.1) is 0 Å². The molecule has 0 saturated heterocycles. The molecule has 2 aromatic heterocycles. The van der Waals surface area contributed by atoms with Crippen LogP contribution in [0.2, 0.25) is 0 Å². The van der Waals surface area contributed by atoms with Gasteiger partial charge < -0.3 is 5.11 Å². The van der Waals surface area contributed by atoms with Gasteiger partial charge in [-0.05, 0) is 18.6 Å². The molecular formula is C15H11N3O2. The zero-order valence-electron chi connectivity index (χ0n) is 10.7. The van der Waals surface area contributed by atoms with Crippen LogP contribution in [-0.4, -0.2) is 26.0 Å². The van der Waals surface area contributed by atoms with Gasteiger partial charge in [0.2, 0.25) is 0 Å². The molecule has 0 atom stereocenters. The largest absolute Gasteiger partial charge is 0.478 e. The predicted molar refractivity (Wildman–Crippen MR) is 74.5 cm³/mol. The number of aromatic nitrogens is 3. The lowest BCUT2D eigenvalue weighted by molar-refractivity contribution is 0.0699. The van der Waals surface area contributed by atoms with E-state index in [1.54, 1.807) is 24.7 Å². The van der Waals surface area contributed by atoms with Gasteiger partial charge in [-0.25, -0.2) is 9.78 Å². The molecule has 0 amide bonds. The first kappa shape index (κ1) is 12.2. The Balaban J connectivity index is 2.36. The zero-order valence-corrected chi connectivity index (χ0v) is 10.7. The molecule has 0 unspecified atom stereocenters. The van der Waals surface area contributed by atoms with Crippen LogP contribution in [0.1, 0.15) is 15.9 Å². The van der Waals surface area contributed by atoms with Crippen molar-refractivity contribution in [1.82, 2.24) is 15.0 Å². The average molecular weight is 265 g/mol. The van der Waals surface area contributed by atoms with Crippen molar-refractivity contribution in [3.8, 4) is 11.4 Å². The number of carboxylic acid groups (broad SMARTS) is 1. The summed E-state index contributed by atoms with van der Waals surface area (Å²) in [6, 6.07) is 7.03. The number of carbonyl (C=O) groups is 1. The Morgan fingerprint density at radius 2 is 2.05 bits per heavy atom. The van der Waals surface area contributed by atoms with Crippen LogP contribution in [0.5, 0.6) is 0 Å². The Hall–Kier alpha value is -2.82. The van der Waals surface area contributed by atoms with Gasteiger partial charge >= 0.3 is 5.97 Å². The molecule has 20 heavy (non-hydrogen) atoms. The van der Waals surface area contributed by atoms with Crippen molar-refractivity contribution < 1.29 is 9.90 Å². The second kappa shape index (κ2) is 4.70. The molecule has 1 aromatic carbocycles. The highest BCUT2D eigenvalue weighted by Crippen LogP contribution is 2.25. The molecule has 2 heterocycles. The molecule has 98 valence electrons. The predicted octanol–water partition coefficient (Wildman–Crippen LogP) is 2.70. The van der Waals surface area contributed by atoms with E-state index in [1.807, 2.05) is 19.1 Å². The zero-order chi connectivity index (χ0) is 14.1. The second-order valence-corrected chi connectivity index (χ2v) is 4.42. The van der Waals surface area contributed by atoms with E-state index in [2.05, 4.69) is 15.0 Å². The van der Waals surface area contributed by atoms with E-state index in [0.717, 1.165) is 5.56 Å². The van der Waals surface area contributed by atoms with Crippen LogP contribution in [-0.2, 0) is 0 Å². The number of carboxylic acids is 1. The molecule has 3 rings (SSSR count). The number of aryl methyl sites for hydroxylation is 1. The number of para-hydroxylation sites is 1. The van der Waals surface area contributed by atoms with Crippen LogP contribution in [0.25, 0.3) is 22.3 Å². The molecule has 5 nitrogen and oxygen atoms in total. The highest BCUT2D eigenvalue weighted by molar-refractivity contribution is 6.04. The van der Waals surface area contributed by atoms with Crippen LogP contribution < -0.4 is 0 Å². The van der Waals surface area contributed by atoms with Crippen LogP contribution in [0, 0.1) is 6.92 Å². The van der Waals surface area contributed by atoms with Gasteiger partial charge in [0.1, 0.15) is 5.69 Å². The lowest BCUT2D eigenvalue weighted by Gasteiger charge is -2.08. The Bertz CT molecular complexity index is 801. The molecule has 0 radical (unpaired) electrons. The maximum Gasteiger partial charge on any atom is 0.336 e. The first-order chi connectivity index (χ1) is 9.66. The molecule has 0 aliphatic rings.